The highest BCUT2D eigenvalue weighted by atomic mass is 19.1. The highest BCUT2D eigenvalue weighted by Gasteiger charge is 2.21. The van der Waals surface area contributed by atoms with Gasteiger partial charge < -0.3 is 10.4 Å². The number of aromatic carboxylic acids is 1. The number of carboxylic acid groups (broad SMARTS) is 1. The summed E-state index contributed by atoms with van der Waals surface area (Å²) in [4.78, 5) is 24.6. The maximum atomic E-state index is 13.8. The molecule has 2 N–H and O–H groups in total. The average Bonchev–Trinajstić information content (AvgIpc) is 2.91. The second-order valence-corrected chi connectivity index (χ2v) is 9.18. The minimum Gasteiger partial charge on any atom is -0.478 e. The molecule has 3 aromatic carbocycles. The van der Waals surface area contributed by atoms with Crippen molar-refractivity contribution in [3.8, 4) is 11.8 Å². The van der Waals surface area contributed by atoms with E-state index >= 15 is 0 Å². The van der Waals surface area contributed by atoms with Gasteiger partial charge in [0.05, 0.1) is 11.6 Å². The molecule has 37 heavy (non-hydrogen) atoms. The van der Waals surface area contributed by atoms with Crippen LogP contribution in [0.25, 0.3) is 0 Å². The number of carbonyl (C=O) groups is 2. The van der Waals surface area contributed by atoms with Gasteiger partial charge in [0, 0.05) is 22.4 Å². The molecular weight excluding hydrogens is 465 g/mol. The Hall–Kier alpha value is -3.91. The van der Waals surface area contributed by atoms with E-state index in [4.69, 9.17) is 0 Å². The minimum absolute atomic E-state index is 0.0977. The van der Waals surface area contributed by atoms with Gasteiger partial charge in [0.2, 0.25) is 0 Å². The molecule has 0 aliphatic heterocycles. The van der Waals surface area contributed by atoms with Crippen LogP contribution in [0.3, 0.4) is 0 Å². The van der Waals surface area contributed by atoms with Crippen molar-refractivity contribution in [3.63, 3.8) is 0 Å². The number of nitrogens with one attached hydrogen (secondary N) is 1. The topological polar surface area (TPSA) is 66.4 Å². The molecule has 3 aromatic rings. The Kier molecular flexibility index (Phi) is 10.5. The molecule has 0 radical (unpaired) electrons. The molecule has 0 heterocycles. The molecular formula is C32H34FNO3. The van der Waals surface area contributed by atoms with Gasteiger partial charge in [-0.25, -0.2) is 9.18 Å². The van der Waals surface area contributed by atoms with Gasteiger partial charge in [-0.05, 0) is 67.3 Å². The standard InChI is InChI=1S/C32H34FNO3/c1-3-5-7-9-30(34-27-20-21-29(33)28(22-27)32(36)37)31(35)26-18-16-25(17-19-26)15-14-24-12-10-23(11-13-24)8-6-4-2/h10-13,16-22,30,34H,3-9H2,1-2H3,(H,36,37). The van der Waals surface area contributed by atoms with Crippen LogP contribution in [-0.2, 0) is 6.42 Å². The van der Waals surface area contributed by atoms with Crippen molar-refractivity contribution >= 4 is 17.4 Å². The van der Waals surface area contributed by atoms with Crippen LogP contribution in [0.1, 0.15) is 89.8 Å². The summed E-state index contributed by atoms with van der Waals surface area (Å²) in [6.07, 6.45) is 6.84. The van der Waals surface area contributed by atoms with Crippen LogP contribution in [-0.4, -0.2) is 22.9 Å². The van der Waals surface area contributed by atoms with E-state index in [1.807, 2.05) is 24.3 Å². The summed E-state index contributed by atoms with van der Waals surface area (Å²) < 4.78 is 13.8. The monoisotopic (exact) mass is 499 g/mol. The van der Waals surface area contributed by atoms with E-state index in [1.54, 1.807) is 12.1 Å². The average molecular weight is 500 g/mol. The quantitative estimate of drug-likeness (QED) is 0.154. The molecule has 192 valence electrons. The van der Waals surface area contributed by atoms with E-state index in [9.17, 15) is 19.1 Å². The Morgan fingerprint density at radius 2 is 1.49 bits per heavy atom. The van der Waals surface area contributed by atoms with Gasteiger partial charge in [-0.3, -0.25) is 4.79 Å². The molecule has 1 atom stereocenters. The molecule has 5 heteroatoms. The third kappa shape index (κ3) is 8.32. The zero-order valence-electron chi connectivity index (χ0n) is 21.5. The van der Waals surface area contributed by atoms with Crippen molar-refractivity contribution in [1.29, 1.82) is 0 Å². The fraction of sp³-hybridized carbons (Fsp3) is 0.312. The molecule has 0 bridgehead atoms. The van der Waals surface area contributed by atoms with Gasteiger partial charge in [-0.1, -0.05) is 75.6 Å². The van der Waals surface area contributed by atoms with Crippen LogP contribution in [0.5, 0.6) is 0 Å². The second kappa shape index (κ2) is 14.0. The molecule has 0 saturated carbocycles. The molecule has 1 unspecified atom stereocenters. The molecule has 0 fully saturated rings. The van der Waals surface area contributed by atoms with Crippen molar-refractivity contribution in [3.05, 3.63) is 100 Å². The van der Waals surface area contributed by atoms with Gasteiger partial charge in [0.25, 0.3) is 0 Å². The first kappa shape index (κ1) is 27.7. The summed E-state index contributed by atoms with van der Waals surface area (Å²) in [6, 6.07) is 18.7. The zero-order valence-corrected chi connectivity index (χ0v) is 21.5. The van der Waals surface area contributed by atoms with Crippen LogP contribution >= 0.6 is 0 Å². The van der Waals surface area contributed by atoms with Crippen LogP contribution in [0.2, 0.25) is 0 Å². The Morgan fingerprint density at radius 1 is 0.865 bits per heavy atom. The lowest BCUT2D eigenvalue weighted by Gasteiger charge is -2.19. The molecule has 0 aliphatic carbocycles. The number of unbranched alkanes of at least 4 members (excludes halogenated alkanes) is 3. The number of aryl methyl sites for hydroxylation is 1. The maximum absolute atomic E-state index is 13.8. The number of benzene rings is 3. The summed E-state index contributed by atoms with van der Waals surface area (Å²) in [5.74, 6) is 4.08. The second-order valence-electron chi connectivity index (χ2n) is 9.18. The Bertz CT molecular complexity index is 1250. The number of hydrogen-bond acceptors (Lipinski definition) is 3. The highest BCUT2D eigenvalue weighted by Crippen LogP contribution is 2.20. The van der Waals surface area contributed by atoms with Crippen LogP contribution in [0.4, 0.5) is 10.1 Å². The van der Waals surface area contributed by atoms with Gasteiger partial charge in [0.15, 0.2) is 5.78 Å². The number of anilines is 1. The lowest BCUT2D eigenvalue weighted by atomic mass is 9.97. The largest absolute Gasteiger partial charge is 0.478 e. The predicted octanol–water partition coefficient (Wildman–Crippen LogP) is 7.51. The minimum atomic E-state index is -1.35. The van der Waals surface area contributed by atoms with Gasteiger partial charge in [0.1, 0.15) is 5.82 Å². The van der Waals surface area contributed by atoms with Crippen molar-refractivity contribution in [2.24, 2.45) is 0 Å². The molecule has 3 rings (SSSR count). The van der Waals surface area contributed by atoms with E-state index in [0.29, 0.717) is 17.7 Å². The Morgan fingerprint density at radius 3 is 2.08 bits per heavy atom. The number of halogens is 1. The molecule has 0 spiro atoms. The number of carbonyl (C=O) groups excluding carboxylic acids is 1. The number of carboxylic acids is 1. The van der Waals surface area contributed by atoms with E-state index in [0.717, 1.165) is 42.9 Å². The van der Waals surface area contributed by atoms with Crippen molar-refractivity contribution in [2.75, 3.05) is 5.32 Å². The molecule has 4 nitrogen and oxygen atoms in total. The SMILES string of the molecule is CCCCCC(Nc1ccc(F)c(C(=O)O)c1)C(=O)c1ccc(C#Cc2ccc(CCCC)cc2)cc1. The Balaban J connectivity index is 1.72. The van der Waals surface area contributed by atoms with Gasteiger partial charge >= 0.3 is 5.97 Å². The molecule has 0 aliphatic rings. The summed E-state index contributed by atoms with van der Waals surface area (Å²) in [5.41, 5.74) is 3.59. The molecule has 0 aromatic heterocycles. The van der Waals surface area contributed by atoms with E-state index < -0.39 is 23.4 Å². The van der Waals surface area contributed by atoms with Crippen molar-refractivity contribution in [2.45, 2.75) is 64.8 Å². The number of hydrogen-bond donors (Lipinski definition) is 2. The van der Waals surface area contributed by atoms with Crippen molar-refractivity contribution < 1.29 is 19.1 Å². The van der Waals surface area contributed by atoms with Crippen LogP contribution < -0.4 is 5.32 Å². The van der Waals surface area contributed by atoms with E-state index in [2.05, 4.69) is 43.1 Å². The van der Waals surface area contributed by atoms with Gasteiger partial charge in [-0.15, -0.1) is 0 Å². The van der Waals surface area contributed by atoms with Gasteiger partial charge in [-0.2, -0.15) is 0 Å². The summed E-state index contributed by atoms with van der Waals surface area (Å²) in [5, 5.41) is 12.4. The van der Waals surface area contributed by atoms with E-state index in [1.165, 1.54) is 30.5 Å². The normalized spacial score (nSPS) is 11.3. The number of ketones is 1. The summed E-state index contributed by atoms with van der Waals surface area (Å²) >= 11 is 0. The molecule has 0 amide bonds. The lowest BCUT2D eigenvalue weighted by Crippen LogP contribution is -2.30. The highest BCUT2D eigenvalue weighted by molar-refractivity contribution is 6.02. The summed E-state index contributed by atoms with van der Waals surface area (Å²) in [6.45, 7) is 4.27. The number of rotatable bonds is 12. The third-order valence-electron chi connectivity index (χ3n) is 6.24. The fourth-order valence-electron chi connectivity index (χ4n) is 4.05. The first-order valence-corrected chi connectivity index (χ1v) is 13.0. The predicted molar refractivity (Wildman–Crippen MR) is 147 cm³/mol. The lowest BCUT2D eigenvalue weighted by molar-refractivity contribution is 0.0691. The van der Waals surface area contributed by atoms with Crippen molar-refractivity contribution in [1.82, 2.24) is 0 Å². The van der Waals surface area contributed by atoms with E-state index in [-0.39, 0.29) is 5.78 Å². The zero-order chi connectivity index (χ0) is 26.6. The van der Waals surface area contributed by atoms with Crippen LogP contribution in [0.15, 0.2) is 66.7 Å². The fourth-order valence-corrected chi connectivity index (χ4v) is 4.05. The van der Waals surface area contributed by atoms with Crippen LogP contribution in [0, 0.1) is 17.7 Å². The molecule has 0 saturated heterocycles. The first-order valence-electron chi connectivity index (χ1n) is 13.0. The Labute approximate surface area is 218 Å². The third-order valence-corrected chi connectivity index (χ3v) is 6.24. The number of Topliss-reactive ketones (excluding diaryl/α,β-unsaturated/α-hetero) is 1. The maximum Gasteiger partial charge on any atom is 0.338 e. The summed E-state index contributed by atoms with van der Waals surface area (Å²) in [7, 11) is 0. The first-order chi connectivity index (χ1) is 17.9. The smallest absolute Gasteiger partial charge is 0.338 e.